The van der Waals surface area contributed by atoms with Gasteiger partial charge in [-0.25, -0.2) is 17.2 Å². The molecule has 1 heterocycles. The molecule has 0 aromatic heterocycles. The van der Waals surface area contributed by atoms with Gasteiger partial charge in [-0.2, -0.15) is 0 Å². The largest absolute Gasteiger partial charge is 0.271 e. The fourth-order valence-electron chi connectivity index (χ4n) is 2.48. The minimum Gasteiger partial charge on any atom is -0.271 e. The van der Waals surface area contributed by atoms with E-state index in [1.807, 2.05) is 0 Å². The van der Waals surface area contributed by atoms with E-state index in [-0.39, 0.29) is 5.75 Å². The molecule has 3 N–H and O–H groups in total. The van der Waals surface area contributed by atoms with Crippen LogP contribution in [0.3, 0.4) is 0 Å². The molecule has 0 bridgehead atoms. The predicted molar refractivity (Wildman–Crippen MR) is 67.8 cm³/mol. The van der Waals surface area contributed by atoms with Crippen molar-refractivity contribution in [2.75, 3.05) is 5.75 Å². The average Bonchev–Trinajstić information content (AvgIpc) is 2.36. The summed E-state index contributed by atoms with van der Waals surface area (Å²) < 4.78 is 50.2. The van der Waals surface area contributed by atoms with Crippen LogP contribution in [0.15, 0.2) is 18.2 Å². The number of halogens is 2. The third-order valence-electron chi connectivity index (χ3n) is 3.48. The van der Waals surface area contributed by atoms with E-state index in [9.17, 15) is 17.2 Å². The van der Waals surface area contributed by atoms with E-state index in [4.69, 9.17) is 5.84 Å². The number of hydrogen-bond acceptors (Lipinski definition) is 4. The summed E-state index contributed by atoms with van der Waals surface area (Å²) in [6.45, 7) is 0. The van der Waals surface area contributed by atoms with Gasteiger partial charge < -0.3 is 0 Å². The summed E-state index contributed by atoms with van der Waals surface area (Å²) in [4.78, 5) is 0. The van der Waals surface area contributed by atoms with E-state index in [0.717, 1.165) is 18.6 Å². The Morgan fingerprint density at radius 1 is 1.26 bits per heavy atom. The molecule has 2 atom stereocenters. The van der Waals surface area contributed by atoms with Gasteiger partial charge in [0.05, 0.1) is 17.0 Å². The molecule has 1 aromatic rings. The smallest absolute Gasteiger partial charge is 0.159 e. The van der Waals surface area contributed by atoms with Crippen LogP contribution < -0.4 is 11.3 Å². The zero-order valence-electron chi connectivity index (χ0n) is 10.3. The van der Waals surface area contributed by atoms with Crippen molar-refractivity contribution in [1.82, 2.24) is 5.43 Å². The van der Waals surface area contributed by atoms with E-state index < -0.39 is 32.8 Å². The van der Waals surface area contributed by atoms with Crippen LogP contribution in [0.5, 0.6) is 0 Å². The molecule has 1 saturated heterocycles. The molecule has 0 amide bonds. The Labute approximate surface area is 110 Å². The molecule has 0 radical (unpaired) electrons. The first-order valence-corrected chi connectivity index (χ1v) is 7.80. The van der Waals surface area contributed by atoms with Crippen molar-refractivity contribution < 1.29 is 17.2 Å². The highest BCUT2D eigenvalue weighted by molar-refractivity contribution is 7.92. The molecule has 1 aromatic carbocycles. The Balaban J connectivity index is 2.36. The van der Waals surface area contributed by atoms with Crippen LogP contribution in [0.4, 0.5) is 8.78 Å². The number of nitrogens with one attached hydrogen (secondary N) is 1. The summed E-state index contributed by atoms with van der Waals surface area (Å²) in [5.74, 6) is 3.55. The maximum Gasteiger partial charge on any atom is 0.159 e. The van der Waals surface area contributed by atoms with Crippen LogP contribution in [-0.4, -0.2) is 19.4 Å². The molecule has 106 valence electrons. The fourth-order valence-corrected chi connectivity index (χ4v) is 4.56. The lowest BCUT2D eigenvalue weighted by Gasteiger charge is -2.29. The van der Waals surface area contributed by atoms with Gasteiger partial charge in [-0.05, 0) is 30.5 Å². The summed E-state index contributed by atoms with van der Waals surface area (Å²) in [5, 5.41) is -0.698. The molecular formula is C12H16F2N2O2S. The van der Waals surface area contributed by atoms with Gasteiger partial charge in [0.15, 0.2) is 21.5 Å². The molecule has 4 nitrogen and oxygen atoms in total. The van der Waals surface area contributed by atoms with Gasteiger partial charge in [0.25, 0.3) is 0 Å². The van der Waals surface area contributed by atoms with E-state index >= 15 is 0 Å². The monoisotopic (exact) mass is 290 g/mol. The second-order valence-electron chi connectivity index (χ2n) is 4.72. The highest BCUT2D eigenvalue weighted by Gasteiger charge is 2.36. The highest BCUT2D eigenvalue weighted by Crippen LogP contribution is 2.30. The molecule has 1 aliphatic rings. The first-order chi connectivity index (χ1) is 8.95. The van der Waals surface area contributed by atoms with Gasteiger partial charge >= 0.3 is 0 Å². The molecule has 1 aliphatic heterocycles. The topological polar surface area (TPSA) is 72.2 Å². The Kier molecular flexibility index (Phi) is 4.17. The molecule has 7 heteroatoms. The second-order valence-corrected chi connectivity index (χ2v) is 7.06. The van der Waals surface area contributed by atoms with Crippen LogP contribution in [0.25, 0.3) is 0 Å². The van der Waals surface area contributed by atoms with Crippen LogP contribution in [0.2, 0.25) is 0 Å². The van der Waals surface area contributed by atoms with Crippen molar-refractivity contribution in [3.8, 4) is 0 Å². The first kappa shape index (κ1) is 14.4. The molecule has 0 spiro atoms. The number of hydrogen-bond donors (Lipinski definition) is 2. The molecular weight excluding hydrogens is 274 g/mol. The van der Waals surface area contributed by atoms with Crippen LogP contribution in [0, 0.1) is 11.6 Å². The summed E-state index contributed by atoms with van der Waals surface area (Å²) in [6.07, 6.45) is 1.88. The Morgan fingerprint density at radius 2 is 2.00 bits per heavy atom. The predicted octanol–water partition coefficient (Wildman–Crippen LogP) is 1.44. The van der Waals surface area contributed by atoms with E-state index in [2.05, 4.69) is 5.43 Å². The van der Waals surface area contributed by atoms with Crippen LogP contribution in [-0.2, 0) is 9.84 Å². The average molecular weight is 290 g/mol. The minimum atomic E-state index is -3.26. The lowest BCUT2D eigenvalue weighted by molar-refractivity contribution is 0.448. The Bertz CT molecular complexity index is 563. The van der Waals surface area contributed by atoms with Gasteiger partial charge in [0, 0.05) is 0 Å². The maximum atomic E-state index is 13.2. The summed E-state index contributed by atoms with van der Waals surface area (Å²) in [7, 11) is -3.26. The van der Waals surface area contributed by atoms with Gasteiger partial charge in [-0.3, -0.25) is 11.3 Å². The molecule has 2 rings (SSSR count). The Morgan fingerprint density at radius 3 is 2.58 bits per heavy atom. The van der Waals surface area contributed by atoms with Gasteiger partial charge in [-0.15, -0.1) is 0 Å². The SMILES string of the molecule is NNC(c1ccc(F)c(F)c1)C1CCCCS1(=O)=O. The lowest BCUT2D eigenvalue weighted by atomic mass is 10.00. The molecule has 1 fully saturated rings. The summed E-state index contributed by atoms with van der Waals surface area (Å²) in [6, 6.07) is 2.60. The summed E-state index contributed by atoms with van der Waals surface area (Å²) in [5.41, 5.74) is 2.77. The minimum absolute atomic E-state index is 0.111. The molecule has 0 aliphatic carbocycles. The standard InChI is InChI=1S/C12H16F2N2O2S/c13-9-5-4-8(7-10(9)14)12(16-15)11-3-1-2-6-19(11,17)18/h4-5,7,11-12,16H,1-3,6,15H2. The number of benzene rings is 1. The Hall–Kier alpha value is -1.05. The quantitative estimate of drug-likeness (QED) is 0.652. The van der Waals surface area contributed by atoms with Gasteiger partial charge in [0.2, 0.25) is 0 Å². The first-order valence-electron chi connectivity index (χ1n) is 6.08. The van der Waals surface area contributed by atoms with Crippen molar-refractivity contribution in [2.24, 2.45) is 5.84 Å². The van der Waals surface area contributed by atoms with Gasteiger partial charge in [0.1, 0.15) is 0 Å². The number of rotatable bonds is 3. The second kappa shape index (κ2) is 5.52. The van der Waals surface area contributed by atoms with Crippen molar-refractivity contribution in [3.63, 3.8) is 0 Å². The van der Waals surface area contributed by atoms with E-state index in [0.29, 0.717) is 18.4 Å². The maximum absolute atomic E-state index is 13.2. The van der Waals surface area contributed by atoms with E-state index in [1.54, 1.807) is 0 Å². The number of hydrazine groups is 1. The molecule has 0 saturated carbocycles. The van der Waals surface area contributed by atoms with Crippen LogP contribution >= 0.6 is 0 Å². The highest BCUT2D eigenvalue weighted by atomic mass is 32.2. The third kappa shape index (κ3) is 2.93. The lowest BCUT2D eigenvalue weighted by Crippen LogP contribution is -2.43. The zero-order valence-corrected chi connectivity index (χ0v) is 11.1. The van der Waals surface area contributed by atoms with Crippen molar-refractivity contribution in [1.29, 1.82) is 0 Å². The van der Waals surface area contributed by atoms with Crippen LogP contribution in [0.1, 0.15) is 30.9 Å². The number of nitrogens with two attached hydrogens (primary N) is 1. The molecule has 19 heavy (non-hydrogen) atoms. The van der Waals surface area contributed by atoms with Gasteiger partial charge in [-0.1, -0.05) is 12.5 Å². The number of sulfone groups is 1. The van der Waals surface area contributed by atoms with Crippen molar-refractivity contribution in [3.05, 3.63) is 35.4 Å². The van der Waals surface area contributed by atoms with Crippen molar-refractivity contribution in [2.45, 2.75) is 30.6 Å². The zero-order chi connectivity index (χ0) is 14.0. The summed E-state index contributed by atoms with van der Waals surface area (Å²) >= 11 is 0. The van der Waals surface area contributed by atoms with Crippen molar-refractivity contribution >= 4 is 9.84 Å². The molecule has 2 unspecified atom stereocenters. The third-order valence-corrected chi connectivity index (χ3v) is 5.77. The fraction of sp³-hybridized carbons (Fsp3) is 0.500. The normalized spacial score (nSPS) is 24.1. The van der Waals surface area contributed by atoms with E-state index in [1.165, 1.54) is 6.07 Å².